The molecular formula is C15H19N3O3. The summed E-state index contributed by atoms with van der Waals surface area (Å²) in [6, 6.07) is 10.8. The molecular weight excluding hydrogens is 270 g/mol. The number of benzene rings is 1. The number of amidine groups is 1. The Morgan fingerprint density at radius 3 is 2.76 bits per heavy atom. The van der Waals surface area contributed by atoms with Gasteiger partial charge in [-0.3, -0.25) is 4.99 Å². The third-order valence-corrected chi connectivity index (χ3v) is 3.32. The molecule has 6 heteroatoms. The zero-order chi connectivity index (χ0) is 14.4. The van der Waals surface area contributed by atoms with Crippen LogP contribution < -0.4 is 0 Å². The average molecular weight is 289 g/mol. The molecule has 2 rings (SSSR count). The molecule has 0 radical (unpaired) electrons. The number of carboxylic acids is 1. The quantitative estimate of drug-likeness (QED) is 0.811. The maximum atomic E-state index is 11.4. The van der Waals surface area contributed by atoms with Gasteiger partial charge in [-0.05, 0) is 12.0 Å². The number of hydrogen-bond donors (Lipinski definition) is 1. The van der Waals surface area contributed by atoms with Gasteiger partial charge in [-0.15, -0.1) is 0 Å². The van der Waals surface area contributed by atoms with E-state index in [4.69, 9.17) is 5.26 Å². The first-order chi connectivity index (χ1) is 9.70. The van der Waals surface area contributed by atoms with Crippen molar-refractivity contribution in [2.75, 3.05) is 13.1 Å². The Bertz CT molecular complexity index is 537. The first-order valence-electron chi connectivity index (χ1n) is 6.66. The summed E-state index contributed by atoms with van der Waals surface area (Å²) in [4.78, 5) is 17.6. The second-order valence-electron chi connectivity index (χ2n) is 4.77. The van der Waals surface area contributed by atoms with Gasteiger partial charge < -0.3 is 15.5 Å². The van der Waals surface area contributed by atoms with Crippen molar-refractivity contribution in [1.29, 1.82) is 5.26 Å². The van der Waals surface area contributed by atoms with Crippen LogP contribution in [0.15, 0.2) is 35.3 Å². The van der Waals surface area contributed by atoms with E-state index in [9.17, 15) is 9.90 Å². The highest BCUT2D eigenvalue weighted by Crippen LogP contribution is 2.14. The monoisotopic (exact) mass is 289 g/mol. The van der Waals surface area contributed by atoms with Crippen LogP contribution >= 0.6 is 0 Å². The molecule has 0 unspecified atom stereocenters. The predicted octanol–water partition coefficient (Wildman–Crippen LogP) is 0.875. The minimum atomic E-state index is -0.926. The van der Waals surface area contributed by atoms with Crippen molar-refractivity contribution in [3.8, 4) is 6.07 Å². The molecule has 1 aromatic rings. The van der Waals surface area contributed by atoms with Gasteiger partial charge >= 0.3 is 5.97 Å². The van der Waals surface area contributed by atoms with Gasteiger partial charge in [-0.1, -0.05) is 30.3 Å². The minimum absolute atomic E-state index is 0. The average Bonchev–Trinajstić information content (AvgIpc) is 2.87. The summed E-state index contributed by atoms with van der Waals surface area (Å²) in [5.41, 5.74) is 0.953. The Morgan fingerprint density at radius 1 is 1.43 bits per heavy atom. The molecule has 1 aliphatic rings. The number of nitriles is 1. The van der Waals surface area contributed by atoms with Gasteiger partial charge in [-0.25, -0.2) is 4.79 Å². The zero-order valence-electron chi connectivity index (χ0n) is 11.7. The fourth-order valence-corrected chi connectivity index (χ4v) is 2.32. The fourth-order valence-electron chi connectivity index (χ4n) is 2.32. The van der Waals surface area contributed by atoms with Crippen LogP contribution in [0.2, 0.25) is 0 Å². The highest BCUT2D eigenvalue weighted by molar-refractivity contribution is 5.87. The van der Waals surface area contributed by atoms with Crippen LogP contribution in [0, 0.1) is 11.3 Å². The van der Waals surface area contributed by atoms with Crippen molar-refractivity contribution in [2.45, 2.75) is 25.3 Å². The summed E-state index contributed by atoms with van der Waals surface area (Å²) < 4.78 is 0. The summed E-state index contributed by atoms with van der Waals surface area (Å²) in [5.74, 6) is -0.181. The van der Waals surface area contributed by atoms with Crippen LogP contribution in [0.25, 0.3) is 0 Å². The Balaban J connectivity index is 0.00000220. The molecule has 0 amide bonds. The number of hydrogen-bond acceptors (Lipinski definition) is 3. The molecule has 0 bridgehead atoms. The Hall–Kier alpha value is -2.39. The number of likely N-dealkylation sites (tertiary alicyclic amines) is 1. The smallest absolute Gasteiger partial charge is 0.328 e. The number of carbonyl (C=O) groups is 1. The summed E-state index contributed by atoms with van der Waals surface area (Å²) in [5, 5.41) is 18.1. The topological polar surface area (TPSA) is 108 Å². The number of nitrogens with zero attached hydrogens (tertiary/aromatic N) is 3. The largest absolute Gasteiger partial charge is 0.480 e. The molecule has 3 N–H and O–H groups in total. The van der Waals surface area contributed by atoms with Crippen molar-refractivity contribution in [1.82, 2.24) is 4.90 Å². The molecule has 0 saturated carbocycles. The van der Waals surface area contributed by atoms with E-state index in [1.807, 2.05) is 35.2 Å². The van der Waals surface area contributed by atoms with Crippen molar-refractivity contribution in [3.63, 3.8) is 0 Å². The molecule has 1 aromatic carbocycles. The standard InChI is InChI=1S/C15H17N3O2.H2O/c16-8-10-18-9-4-7-14(18)17-13(15(19)20)11-12-5-2-1-3-6-12;/h1-3,5-6,13H,4,7,9-11H2,(H,19,20);1H2/t13-;/m0./s1. The summed E-state index contributed by atoms with van der Waals surface area (Å²) in [6.45, 7) is 1.06. The van der Waals surface area contributed by atoms with E-state index in [0.717, 1.165) is 30.8 Å². The van der Waals surface area contributed by atoms with Gasteiger partial charge in [0.15, 0.2) is 6.04 Å². The van der Waals surface area contributed by atoms with Gasteiger partial charge in [0.1, 0.15) is 12.4 Å². The molecule has 1 saturated heterocycles. The molecule has 0 aliphatic carbocycles. The third kappa shape index (κ3) is 4.58. The first kappa shape index (κ1) is 16.7. The third-order valence-electron chi connectivity index (χ3n) is 3.32. The maximum Gasteiger partial charge on any atom is 0.328 e. The first-order valence-corrected chi connectivity index (χ1v) is 6.66. The summed E-state index contributed by atoms with van der Waals surface area (Å²) in [6.07, 6.45) is 2.05. The molecule has 0 aromatic heterocycles. The van der Waals surface area contributed by atoms with Crippen molar-refractivity contribution >= 4 is 11.8 Å². The number of aliphatic carboxylic acids is 1. The van der Waals surface area contributed by atoms with E-state index >= 15 is 0 Å². The van der Waals surface area contributed by atoms with Gasteiger partial charge in [0.25, 0.3) is 0 Å². The van der Waals surface area contributed by atoms with E-state index in [1.54, 1.807) is 0 Å². The lowest BCUT2D eigenvalue weighted by molar-refractivity contribution is -0.138. The predicted molar refractivity (Wildman–Crippen MR) is 79.0 cm³/mol. The molecule has 1 atom stereocenters. The zero-order valence-corrected chi connectivity index (χ0v) is 11.7. The van der Waals surface area contributed by atoms with E-state index in [2.05, 4.69) is 11.1 Å². The number of carboxylic acid groups (broad SMARTS) is 1. The molecule has 21 heavy (non-hydrogen) atoms. The highest BCUT2D eigenvalue weighted by Gasteiger charge is 2.23. The van der Waals surface area contributed by atoms with Gasteiger partial charge in [0.2, 0.25) is 0 Å². The number of rotatable bonds is 5. The Morgan fingerprint density at radius 2 is 2.14 bits per heavy atom. The van der Waals surface area contributed by atoms with Crippen LogP contribution in [0.4, 0.5) is 0 Å². The second-order valence-corrected chi connectivity index (χ2v) is 4.77. The highest BCUT2D eigenvalue weighted by atomic mass is 16.4. The van der Waals surface area contributed by atoms with Crippen molar-refractivity contribution < 1.29 is 15.4 Å². The normalized spacial score (nSPS) is 17.1. The van der Waals surface area contributed by atoms with Gasteiger partial charge in [-0.2, -0.15) is 5.26 Å². The van der Waals surface area contributed by atoms with Crippen molar-refractivity contribution in [3.05, 3.63) is 35.9 Å². The molecule has 6 nitrogen and oxygen atoms in total. The Labute approximate surface area is 123 Å². The number of aliphatic imine (C=N–C) groups is 1. The van der Waals surface area contributed by atoms with Crippen LogP contribution in [0.3, 0.4) is 0 Å². The summed E-state index contributed by atoms with van der Waals surface area (Å²) in [7, 11) is 0. The van der Waals surface area contributed by atoms with Crippen molar-refractivity contribution in [2.24, 2.45) is 4.99 Å². The van der Waals surface area contributed by atoms with Crippen LogP contribution in [0.1, 0.15) is 18.4 Å². The van der Waals surface area contributed by atoms with E-state index < -0.39 is 12.0 Å². The Kier molecular flexibility index (Phi) is 6.37. The fraction of sp³-hybridized carbons (Fsp3) is 0.400. The van der Waals surface area contributed by atoms with Crippen LogP contribution in [0.5, 0.6) is 0 Å². The maximum absolute atomic E-state index is 11.4. The summed E-state index contributed by atoms with van der Waals surface area (Å²) >= 11 is 0. The lowest BCUT2D eigenvalue weighted by atomic mass is 10.1. The molecule has 1 fully saturated rings. The molecule has 1 aliphatic heterocycles. The lowest BCUT2D eigenvalue weighted by Gasteiger charge is -2.16. The van der Waals surface area contributed by atoms with E-state index in [0.29, 0.717) is 6.42 Å². The van der Waals surface area contributed by atoms with Crippen LogP contribution in [-0.2, 0) is 11.2 Å². The molecule has 1 heterocycles. The van der Waals surface area contributed by atoms with Gasteiger partial charge in [0, 0.05) is 19.4 Å². The van der Waals surface area contributed by atoms with Crippen LogP contribution in [-0.4, -0.2) is 46.4 Å². The lowest BCUT2D eigenvalue weighted by Crippen LogP contribution is -2.29. The second kappa shape index (κ2) is 8.02. The molecule has 0 spiro atoms. The minimum Gasteiger partial charge on any atom is -0.480 e. The molecule has 112 valence electrons. The van der Waals surface area contributed by atoms with E-state index in [-0.39, 0.29) is 12.0 Å². The van der Waals surface area contributed by atoms with E-state index in [1.165, 1.54) is 0 Å². The van der Waals surface area contributed by atoms with Gasteiger partial charge in [0.05, 0.1) is 6.07 Å². The SMILES string of the molecule is N#CCN1CCCC1=N[C@@H](Cc1ccccc1)C(=O)O.O.